The number of aromatic nitrogens is 4. The Balaban J connectivity index is 0.000000153. The summed E-state index contributed by atoms with van der Waals surface area (Å²) in [6.45, 7) is 32.9. The van der Waals surface area contributed by atoms with Gasteiger partial charge in [0.15, 0.2) is 0 Å². The monoisotopic (exact) mass is 1130 g/mol. The van der Waals surface area contributed by atoms with Crippen molar-refractivity contribution in [1.82, 2.24) is 19.9 Å². The highest BCUT2D eigenvalue weighted by molar-refractivity contribution is 6.30. The smallest absolute Gasteiger partial charge is 0.119 e. The van der Waals surface area contributed by atoms with Crippen LogP contribution in [0.2, 0.25) is 5.02 Å². The first-order chi connectivity index (χ1) is 39.6. The fourth-order valence-electron chi connectivity index (χ4n) is 9.28. The molecule has 0 saturated heterocycles. The van der Waals surface area contributed by atoms with Crippen LogP contribution in [0.5, 0.6) is 5.75 Å². The van der Waals surface area contributed by atoms with Crippen LogP contribution < -0.4 is 0 Å². The molecule has 0 radical (unpaired) electrons. The van der Waals surface area contributed by atoms with Crippen molar-refractivity contribution in [2.24, 2.45) is 0 Å². The molecule has 4 aromatic heterocycles. The van der Waals surface area contributed by atoms with E-state index in [1.54, 1.807) is 18.2 Å². The number of rotatable bonds is 4. The normalized spacial score (nSPS) is 11.6. The van der Waals surface area contributed by atoms with E-state index in [9.17, 15) is 5.11 Å². The molecule has 0 aliphatic heterocycles. The van der Waals surface area contributed by atoms with Crippen molar-refractivity contribution >= 4 is 33.4 Å². The third kappa shape index (κ3) is 17.9. The summed E-state index contributed by atoms with van der Waals surface area (Å²) in [5, 5.41) is 12.6. The minimum atomic E-state index is -0.0605. The summed E-state index contributed by atoms with van der Waals surface area (Å²) < 4.78 is 0. The molecule has 84 heavy (non-hydrogen) atoms. The Morgan fingerprint density at radius 3 is 1.20 bits per heavy atom. The topological polar surface area (TPSA) is 71.8 Å². The van der Waals surface area contributed by atoms with E-state index in [1.807, 2.05) is 81.7 Å². The molecule has 0 saturated carbocycles. The standard InChI is InChI=1S/C21H21N.C19H19N.C15H17N.C13H15N.C10H13ClO/c1-21(2,3)18-14-19(16-10-6-4-7-11-16)22-20(15-18)17-12-8-5-9-13-17;1-19(2,3)16-13-18(14-9-5-4-6-10-14)20-17-12-8-7-11-15(16)17;1-15(2,3)13-9-10-16-14(11-13)12-7-5-4-6-8-12;1-13(2,3)11-8-10-6-4-5-7-12(10)14-9-11;1-10(2,3)8-6-7(11)4-5-9(8)12/h4-15H,1-3H3;4-13H,1-3H3;4-11H,1-3H3;4-9H,1-3H3;4-6,12H,1-3H3. The average molecular weight is 1130 g/mol. The largest absolute Gasteiger partial charge is 0.508 e. The van der Waals surface area contributed by atoms with Crippen LogP contribution >= 0.6 is 11.6 Å². The summed E-state index contributed by atoms with van der Waals surface area (Å²) in [5.74, 6) is 0.312. The lowest BCUT2D eigenvalue weighted by molar-refractivity contribution is 0.447. The van der Waals surface area contributed by atoms with Gasteiger partial charge in [-0.05, 0) is 116 Å². The Kier molecular flexibility index (Phi) is 20.7. The van der Waals surface area contributed by atoms with Crippen molar-refractivity contribution in [3.63, 3.8) is 0 Å². The number of hydrogen-bond acceptors (Lipinski definition) is 5. The van der Waals surface area contributed by atoms with Gasteiger partial charge in [-0.15, -0.1) is 0 Å². The van der Waals surface area contributed by atoms with Crippen LogP contribution in [0.4, 0.5) is 0 Å². The fourth-order valence-corrected chi connectivity index (χ4v) is 9.46. The third-order valence-corrected chi connectivity index (χ3v) is 14.6. The first-order valence-corrected chi connectivity index (χ1v) is 29.5. The van der Waals surface area contributed by atoms with Gasteiger partial charge in [-0.2, -0.15) is 0 Å². The van der Waals surface area contributed by atoms with Crippen LogP contribution in [-0.2, 0) is 27.1 Å². The maximum absolute atomic E-state index is 9.51. The minimum Gasteiger partial charge on any atom is -0.508 e. The molecule has 0 fully saturated rings. The van der Waals surface area contributed by atoms with Crippen molar-refractivity contribution in [2.75, 3.05) is 0 Å². The van der Waals surface area contributed by atoms with Crippen LogP contribution in [0.1, 0.15) is 132 Å². The number of pyridine rings is 4. The van der Waals surface area contributed by atoms with Gasteiger partial charge in [0.25, 0.3) is 0 Å². The van der Waals surface area contributed by atoms with E-state index < -0.39 is 0 Å². The zero-order chi connectivity index (χ0) is 60.9. The fraction of sp³-hybridized carbons (Fsp3) is 0.256. The van der Waals surface area contributed by atoms with Crippen molar-refractivity contribution in [3.05, 3.63) is 270 Å². The van der Waals surface area contributed by atoms with E-state index in [0.717, 1.165) is 50.5 Å². The van der Waals surface area contributed by atoms with Crippen LogP contribution in [0.15, 0.2) is 237 Å². The molecule has 0 spiro atoms. The maximum Gasteiger partial charge on any atom is 0.119 e. The van der Waals surface area contributed by atoms with Crippen LogP contribution in [-0.4, -0.2) is 25.0 Å². The summed E-state index contributed by atoms with van der Waals surface area (Å²) in [6, 6.07) is 76.3. The van der Waals surface area contributed by atoms with Gasteiger partial charge >= 0.3 is 0 Å². The quantitative estimate of drug-likeness (QED) is 0.190. The molecule has 6 heteroatoms. The zero-order valence-electron chi connectivity index (χ0n) is 52.1. The summed E-state index contributed by atoms with van der Waals surface area (Å²) in [7, 11) is 0. The average Bonchev–Trinajstić information content (AvgIpc) is 3.63. The number of benzene rings is 7. The number of hydrogen-bond donors (Lipinski definition) is 1. The van der Waals surface area contributed by atoms with Crippen LogP contribution in [0.3, 0.4) is 0 Å². The number of nitrogens with zero attached hydrogens (tertiary/aromatic N) is 4. The number of phenols is 1. The molecule has 0 bridgehead atoms. The van der Waals surface area contributed by atoms with Gasteiger partial charge in [0.2, 0.25) is 0 Å². The second-order valence-electron chi connectivity index (χ2n) is 26.4. The molecule has 0 aliphatic carbocycles. The molecule has 0 aliphatic rings. The van der Waals surface area contributed by atoms with E-state index in [2.05, 4.69) is 251 Å². The van der Waals surface area contributed by atoms with Gasteiger partial charge in [0, 0.05) is 56.0 Å². The summed E-state index contributed by atoms with van der Waals surface area (Å²) in [4.78, 5) is 18.6. The lowest BCUT2D eigenvalue weighted by atomic mass is 9.84. The highest BCUT2D eigenvalue weighted by Crippen LogP contribution is 2.35. The number of para-hydroxylation sites is 2. The summed E-state index contributed by atoms with van der Waals surface area (Å²) in [6.07, 6.45) is 3.87. The van der Waals surface area contributed by atoms with Crippen LogP contribution in [0, 0.1) is 0 Å². The van der Waals surface area contributed by atoms with E-state index in [1.165, 1.54) is 44.2 Å². The highest BCUT2D eigenvalue weighted by Gasteiger charge is 2.21. The van der Waals surface area contributed by atoms with Gasteiger partial charge in [-0.3, -0.25) is 9.97 Å². The third-order valence-electron chi connectivity index (χ3n) is 14.3. The van der Waals surface area contributed by atoms with Gasteiger partial charge < -0.3 is 5.11 Å². The highest BCUT2D eigenvalue weighted by atomic mass is 35.5. The molecular weight excluding hydrogens is 1040 g/mol. The van der Waals surface area contributed by atoms with Gasteiger partial charge in [0.1, 0.15) is 5.75 Å². The van der Waals surface area contributed by atoms with Crippen molar-refractivity contribution < 1.29 is 5.11 Å². The number of phenolic OH excluding ortho intramolecular Hbond substituents is 1. The molecule has 0 atom stereocenters. The number of fused-ring (bicyclic) bond motifs is 2. The molecule has 1 N–H and O–H groups in total. The second-order valence-corrected chi connectivity index (χ2v) is 26.9. The molecule has 430 valence electrons. The number of halogens is 1. The Hall–Kier alpha value is -8.25. The molecule has 4 heterocycles. The molecule has 7 aromatic carbocycles. The lowest BCUT2D eigenvalue weighted by Gasteiger charge is -2.22. The summed E-state index contributed by atoms with van der Waals surface area (Å²) >= 11 is 5.81. The van der Waals surface area contributed by atoms with E-state index in [0.29, 0.717) is 10.8 Å². The molecule has 11 rings (SSSR count). The predicted molar refractivity (Wildman–Crippen MR) is 360 cm³/mol. The van der Waals surface area contributed by atoms with E-state index in [4.69, 9.17) is 21.6 Å². The Morgan fingerprint density at radius 1 is 0.321 bits per heavy atom. The molecular formula is C78H85ClN4O. The summed E-state index contributed by atoms with van der Waals surface area (Å²) in [5.41, 5.74) is 17.6. The van der Waals surface area contributed by atoms with Gasteiger partial charge in [0.05, 0.1) is 33.8 Å². The Bertz CT molecular complexity index is 3810. The predicted octanol–water partition coefficient (Wildman–Crippen LogP) is 21.8. The SMILES string of the molecule is CC(C)(C)c1cc(-c2ccccc2)nc(-c2ccccc2)c1.CC(C)(C)c1cc(-c2ccccc2)nc2ccccc12.CC(C)(C)c1cc(Cl)ccc1O.CC(C)(C)c1ccnc(-c2ccccc2)c1.CC(C)(C)c1cnc2ccccc2c1. The molecule has 11 aromatic rings. The first-order valence-electron chi connectivity index (χ1n) is 29.1. The zero-order valence-corrected chi connectivity index (χ0v) is 52.9. The molecule has 5 nitrogen and oxygen atoms in total. The Labute approximate surface area is 507 Å². The number of aromatic hydroxyl groups is 1. The van der Waals surface area contributed by atoms with E-state index >= 15 is 0 Å². The van der Waals surface area contributed by atoms with Crippen LogP contribution in [0.25, 0.3) is 66.8 Å². The Morgan fingerprint density at radius 2 is 0.738 bits per heavy atom. The lowest BCUT2D eigenvalue weighted by Crippen LogP contribution is -2.12. The van der Waals surface area contributed by atoms with Crippen molar-refractivity contribution in [1.29, 1.82) is 0 Å². The van der Waals surface area contributed by atoms with Gasteiger partial charge in [-0.1, -0.05) is 273 Å². The first kappa shape index (κ1) is 63.3. The maximum atomic E-state index is 9.51. The van der Waals surface area contributed by atoms with Crippen molar-refractivity contribution in [2.45, 2.75) is 131 Å². The van der Waals surface area contributed by atoms with Crippen molar-refractivity contribution in [3.8, 4) is 50.8 Å². The molecule has 0 unspecified atom stereocenters. The second kappa shape index (κ2) is 27.4. The van der Waals surface area contributed by atoms with E-state index in [-0.39, 0.29) is 27.1 Å². The molecule has 0 amide bonds. The van der Waals surface area contributed by atoms with Gasteiger partial charge in [-0.25, -0.2) is 9.97 Å². The minimum absolute atomic E-state index is 0.0605.